The second-order valence-corrected chi connectivity index (χ2v) is 14.5. The Hall–Kier alpha value is -4.32. The molecule has 0 bridgehead atoms. The van der Waals surface area contributed by atoms with Crippen molar-refractivity contribution in [3.05, 3.63) is 105 Å². The second kappa shape index (κ2) is 13.3. The molecular formula is C37H42N6O4S. The van der Waals surface area contributed by atoms with Crippen LogP contribution in [0, 0.1) is 19.8 Å². The molecule has 0 spiro atoms. The fourth-order valence-corrected chi connectivity index (χ4v) is 8.24. The Morgan fingerprint density at radius 2 is 1.79 bits per heavy atom. The summed E-state index contributed by atoms with van der Waals surface area (Å²) in [6.07, 6.45) is 4.92. The standard InChI is InChI=1S/C37H42N6O4S/c1-25-26(2)48-33(39-25)22-40-17-13-30(32(21-40)27-7-5-4-6-8-27)35(44)41-19-15-37(46,16-20-41)23-42-24-38-34-31(36(42)45)14-18-43(34)28-9-11-29(47-3)12-10-28/h4-12,14,18,24,30,32,46H,13,15-17,19-23H2,1-3H3/t30-,32+/m1/s1. The average molecular weight is 667 g/mol. The highest BCUT2D eigenvalue weighted by Crippen LogP contribution is 2.36. The molecule has 1 amide bonds. The molecule has 2 aliphatic heterocycles. The fraction of sp³-hybridized carbons (Fsp3) is 0.405. The first kappa shape index (κ1) is 32.2. The van der Waals surface area contributed by atoms with E-state index in [0.717, 1.165) is 48.2 Å². The lowest BCUT2D eigenvalue weighted by atomic mass is 9.79. The summed E-state index contributed by atoms with van der Waals surface area (Å²) < 4.78 is 8.64. The number of nitrogens with zero attached hydrogens (tertiary/aromatic N) is 6. The Morgan fingerprint density at radius 3 is 2.48 bits per heavy atom. The minimum atomic E-state index is -1.11. The summed E-state index contributed by atoms with van der Waals surface area (Å²) in [4.78, 5) is 42.6. The number of carbonyl (C=O) groups is 1. The zero-order valence-corrected chi connectivity index (χ0v) is 28.5. The molecular weight excluding hydrogens is 625 g/mol. The lowest BCUT2D eigenvalue weighted by molar-refractivity contribution is -0.142. The van der Waals surface area contributed by atoms with Crippen LogP contribution < -0.4 is 10.3 Å². The van der Waals surface area contributed by atoms with Crippen LogP contribution >= 0.6 is 11.3 Å². The van der Waals surface area contributed by atoms with Gasteiger partial charge < -0.3 is 19.3 Å². The number of benzene rings is 2. The van der Waals surface area contributed by atoms with Gasteiger partial charge >= 0.3 is 0 Å². The number of thiazole rings is 1. The van der Waals surface area contributed by atoms with Crippen molar-refractivity contribution in [3.63, 3.8) is 0 Å². The van der Waals surface area contributed by atoms with Crippen molar-refractivity contribution in [2.75, 3.05) is 33.3 Å². The summed E-state index contributed by atoms with van der Waals surface area (Å²) in [5.74, 6) is 0.864. The first-order chi connectivity index (χ1) is 23.2. The van der Waals surface area contributed by atoms with E-state index in [1.165, 1.54) is 21.3 Å². The van der Waals surface area contributed by atoms with E-state index in [-0.39, 0.29) is 29.8 Å². The third-order valence-corrected chi connectivity index (χ3v) is 11.2. The molecule has 0 aliphatic carbocycles. The Bertz CT molecular complexity index is 1940. The summed E-state index contributed by atoms with van der Waals surface area (Å²) in [5.41, 5.74) is 2.40. The van der Waals surface area contributed by atoms with Crippen molar-refractivity contribution in [1.82, 2.24) is 28.9 Å². The molecule has 0 radical (unpaired) electrons. The molecule has 2 atom stereocenters. The molecule has 2 fully saturated rings. The van der Waals surface area contributed by atoms with Gasteiger partial charge in [-0.05, 0) is 75.5 Å². The van der Waals surface area contributed by atoms with E-state index >= 15 is 0 Å². The molecule has 7 rings (SSSR count). The minimum Gasteiger partial charge on any atom is -0.497 e. The van der Waals surface area contributed by atoms with Crippen molar-refractivity contribution in [2.45, 2.75) is 57.7 Å². The van der Waals surface area contributed by atoms with E-state index in [2.05, 4.69) is 35.9 Å². The molecule has 2 aromatic carbocycles. The minimum absolute atomic E-state index is 0.0806. The van der Waals surface area contributed by atoms with E-state index < -0.39 is 5.60 Å². The molecule has 11 heteroatoms. The number of likely N-dealkylation sites (tertiary alicyclic amines) is 2. The Labute approximate surface area is 284 Å². The van der Waals surface area contributed by atoms with Crippen LogP contribution in [-0.4, -0.2) is 78.8 Å². The summed E-state index contributed by atoms with van der Waals surface area (Å²) in [6, 6.07) is 19.7. The van der Waals surface area contributed by atoms with E-state index in [4.69, 9.17) is 9.72 Å². The van der Waals surface area contributed by atoms with Crippen LogP contribution in [-0.2, 0) is 17.9 Å². The van der Waals surface area contributed by atoms with Gasteiger partial charge in [0.25, 0.3) is 5.56 Å². The number of carbonyl (C=O) groups excluding carboxylic acids is 1. The maximum absolute atomic E-state index is 14.1. The zero-order valence-electron chi connectivity index (χ0n) is 27.7. The highest BCUT2D eigenvalue weighted by atomic mass is 32.1. The Kier molecular flexibility index (Phi) is 8.93. The van der Waals surface area contributed by atoms with Gasteiger partial charge in [-0.25, -0.2) is 9.97 Å². The van der Waals surface area contributed by atoms with Gasteiger partial charge in [-0.15, -0.1) is 11.3 Å². The van der Waals surface area contributed by atoms with Gasteiger partial charge in [0.1, 0.15) is 17.1 Å². The van der Waals surface area contributed by atoms with Gasteiger partial charge in [-0.2, -0.15) is 0 Å². The van der Waals surface area contributed by atoms with Crippen molar-refractivity contribution < 1.29 is 14.6 Å². The van der Waals surface area contributed by atoms with E-state index in [1.54, 1.807) is 24.5 Å². The predicted molar refractivity (Wildman–Crippen MR) is 187 cm³/mol. The third kappa shape index (κ3) is 6.42. The summed E-state index contributed by atoms with van der Waals surface area (Å²) >= 11 is 1.76. The van der Waals surface area contributed by atoms with Gasteiger partial charge in [0.05, 0.1) is 36.9 Å². The number of methoxy groups -OCH3 is 1. The topological polar surface area (TPSA) is 106 Å². The number of amides is 1. The molecule has 250 valence electrons. The van der Waals surface area contributed by atoms with Crippen molar-refractivity contribution in [1.29, 1.82) is 0 Å². The smallest absolute Gasteiger partial charge is 0.262 e. The number of hydrogen-bond acceptors (Lipinski definition) is 8. The molecule has 48 heavy (non-hydrogen) atoms. The van der Waals surface area contributed by atoms with E-state index in [1.807, 2.05) is 58.1 Å². The number of aryl methyl sites for hydroxylation is 2. The van der Waals surface area contributed by atoms with E-state index in [0.29, 0.717) is 37.0 Å². The van der Waals surface area contributed by atoms with Gasteiger partial charge in [0.15, 0.2) is 5.65 Å². The molecule has 5 aromatic rings. The molecule has 1 N–H and O–H groups in total. The van der Waals surface area contributed by atoms with Gasteiger partial charge in [-0.1, -0.05) is 30.3 Å². The summed E-state index contributed by atoms with van der Waals surface area (Å²) in [6.45, 7) is 7.65. The third-order valence-electron chi connectivity index (χ3n) is 10.2. The normalized spacial score (nSPS) is 19.9. The van der Waals surface area contributed by atoms with Gasteiger partial charge in [0, 0.05) is 48.2 Å². The number of aromatic nitrogens is 4. The first-order valence-corrected chi connectivity index (χ1v) is 17.5. The number of aliphatic hydroxyl groups is 1. The maximum atomic E-state index is 14.1. The zero-order chi connectivity index (χ0) is 33.4. The quantitative estimate of drug-likeness (QED) is 0.251. The van der Waals surface area contributed by atoms with E-state index in [9.17, 15) is 14.7 Å². The highest BCUT2D eigenvalue weighted by molar-refractivity contribution is 7.11. The van der Waals surface area contributed by atoms with Gasteiger partial charge in [0.2, 0.25) is 5.91 Å². The fourth-order valence-electron chi connectivity index (χ4n) is 7.27. The molecule has 2 saturated heterocycles. The number of fused-ring (bicyclic) bond motifs is 1. The number of ether oxygens (including phenoxy) is 1. The van der Waals surface area contributed by atoms with Crippen LogP contribution in [0.1, 0.15) is 46.3 Å². The lowest BCUT2D eigenvalue weighted by Crippen LogP contribution is -2.53. The molecule has 10 nitrogen and oxygen atoms in total. The van der Waals surface area contributed by atoms with Gasteiger partial charge in [-0.3, -0.25) is 19.1 Å². The van der Waals surface area contributed by atoms with Crippen LogP contribution in [0.3, 0.4) is 0 Å². The second-order valence-electron chi connectivity index (χ2n) is 13.2. The maximum Gasteiger partial charge on any atom is 0.262 e. The number of piperidine rings is 2. The predicted octanol–water partition coefficient (Wildman–Crippen LogP) is 4.93. The molecule has 3 aromatic heterocycles. The molecule has 5 heterocycles. The number of rotatable bonds is 8. The summed E-state index contributed by atoms with van der Waals surface area (Å²) in [7, 11) is 1.62. The molecule has 0 saturated carbocycles. The number of hydrogen-bond donors (Lipinski definition) is 1. The van der Waals surface area contributed by atoms with Crippen LogP contribution in [0.2, 0.25) is 0 Å². The first-order valence-electron chi connectivity index (χ1n) is 16.6. The largest absolute Gasteiger partial charge is 0.497 e. The van der Waals surface area contributed by atoms with Crippen LogP contribution in [0.25, 0.3) is 16.7 Å². The lowest BCUT2D eigenvalue weighted by Gasteiger charge is -2.43. The van der Waals surface area contributed by atoms with Crippen LogP contribution in [0.15, 0.2) is 78.0 Å². The van der Waals surface area contributed by atoms with Crippen molar-refractivity contribution >= 4 is 28.3 Å². The highest BCUT2D eigenvalue weighted by Gasteiger charge is 2.41. The SMILES string of the molecule is COc1ccc(-n2ccc3c(=O)n(CC4(O)CCN(C(=O)[C@@H]5CCN(Cc6nc(C)c(C)s6)C[C@H]5c5ccccc5)CC4)cnc32)cc1. The monoisotopic (exact) mass is 666 g/mol. The van der Waals surface area contributed by atoms with Crippen LogP contribution in [0.5, 0.6) is 5.75 Å². The summed E-state index contributed by atoms with van der Waals surface area (Å²) in [5, 5.41) is 13.2. The molecule has 2 aliphatic rings. The van der Waals surface area contributed by atoms with Crippen molar-refractivity contribution in [2.24, 2.45) is 5.92 Å². The Morgan fingerprint density at radius 1 is 1.04 bits per heavy atom. The van der Waals surface area contributed by atoms with Crippen LogP contribution in [0.4, 0.5) is 0 Å². The average Bonchev–Trinajstić information content (AvgIpc) is 3.68. The molecule has 0 unspecified atom stereocenters. The van der Waals surface area contributed by atoms with Crippen molar-refractivity contribution in [3.8, 4) is 11.4 Å². The Balaban J connectivity index is 1.02.